The van der Waals surface area contributed by atoms with Gasteiger partial charge in [0.1, 0.15) is 24.4 Å². The van der Waals surface area contributed by atoms with Gasteiger partial charge in [-0.3, -0.25) is 14.3 Å². The smallest absolute Gasteiger partial charge is 0.348 e. The Morgan fingerprint density at radius 3 is 2.85 bits per heavy atom. The van der Waals surface area contributed by atoms with Gasteiger partial charge in [0.2, 0.25) is 5.91 Å². The Balaban J connectivity index is 1.54. The molecule has 0 atom stereocenters. The maximum Gasteiger partial charge on any atom is 0.348 e. The molecule has 1 aromatic carbocycles. The Bertz CT molecular complexity index is 992. The second-order valence-electron chi connectivity index (χ2n) is 5.94. The van der Waals surface area contributed by atoms with E-state index in [9.17, 15) is 9.59 Å². The predicted octanol–water partition coefficient (Wildman–Crippen LogP) is 1.60. The van der Waals surface area contributed by atoms with Gasteiger partial charge in [-0.1, -0.05) is 18.2 Å². The van der Waals surface area contributed by atoms with E-state index in [1.807, 2.05) is 30.3 Å². The van der Waals surface area contributed by atoms with E-state index in [-0.39, 0.29) is 12.5 Å². The maximum atomic E-state index is 12.1. The molecule has 0 bridgehead atoms. The number of fused-ring (bicyclic) bond motifs is 1. The fourth-order valence-electron chi connectivity index (χ4n) is 2.71. The van der Waals surface area contributed by atoms with Crippen LogP contribution < -0.4 is 15.7 Å². The molecule has 0 aliphatic carbocycles. The van der Waals surface area contributed by atoms with Gasteiger partial charge < -0.3 is 10.1 Å². The topological polar surface area (TPSA) is 86.1 Å². The minimum Gasteiger partial charge on any atom is -0.489 e. The Hall–Kier alpha value is -3.22. The van der Waals surface area contributed by atoms with Crippen molar-refractivity contribution in [1.29, 1.82) is 0 Å². The summed E-state index contributed by atoms with van der Waals surface area (Å²) >= 11 is 0. The molecule has 0 aliphatic heterocycles. The largest absolute Gasteiger partial charge is 0.489 e. The molecule has 0 saturated carbocycles. The molecule has 0 radical (unpaired) electrons. The number of benzene rings is 1. The number of aromatic nitrogens is 3. The number of hydrogen-bond acceptors (Lipinski definition) is 5. The lowest BCUT2D eigenvalue weighted by Gasteiger charge is -2.11. The number of ether oxygens (including phenoxy) is 1. The van der Waals surface area contributed by atoms with Crippen LogP contribution in [0.15, 0.2) is 47.4 Å². The molecule has 134 valence electrons. The summed E-state index contributed by atoms with van der Waals surface area (Å²) in [6, 6.07) is 11.3. The van der Waals surface area contributed by atoms with Crippen LogP contribution >= 0.6 is 0 Å². The van der Waals surface area contributed by atoms with E-state index in [2.05, 4.69) is 15.3 Å². The Labute approximate surface area is 150 Å². The first kappa shape index (κ1) is 17.6. The van der Waals surface area contributed by atoms with Crippen molar-refractivity contribution in [2.45, 2.75) is 20.4 Å². The van der Waals surface area contributed by atoms with E-state index in [0.29, 0.717) is 30.3 Å². The fraction of sp³-hybridized carbons (Fsp3) is 0.263. The third-order valence-electron chi connectivity index (χ3n) is 3.93. The highest BCUT2D eigenvalue weighted by Crippen LogP contribution is 2.22. The number of hydrogen-bond donors (Lipinski definition) is 1. The van der Waals surface area contributed by atoms with Crippen molar-refractivity contribution in [1.82, 2.24) is 19.9 Å². The van der Waals surface area contributed by atoms with Crippen LogP contribution in [0.1, 0.15) is 11.4 Å². The summed E-state index contributed by atoms with van der Waals surface area (Å²) in [5, 5.41) is 3.74. The lowest BCUT2D eigenvalue weighted by molar-refractivity contribution is -0.121. The molecule has 1 amide bonds. The molecule has 0 spiro atoms. The average molecular weight is 352 g/mol. The fourth-order valence-corrected chi connectivity index (χ4v) is 2.71. The quantitative estimate of drug-likeness (QED) is 0.681. The van der Waals surface area contributed by atoms with E-state index in [1.165, 1.54) is 4.57 Å². The number of amides is 1. The Kier molecular flexibility index (Phi) is 5.26. The van der Waals surface area contributed by atoms with Gasteiger partial charge in [-0.2, -0.15) is 4.98 Å². The molecule has 0 fully saturated rings. The van der Waals surface area contributed by atoms with Crippen molar-refractivity contribution < 1.29 is 9.53 Å². The second-order valence-corrected chi connectivity index (χ2v) is 5.94. The van der Waals surface area contributed by atoms with E-state index in [1.54, 1.807) is 26.1 Å². The molecule has 2 aromatic heterocycles. The van der Waals surface area contributed by atoms with Crippen molar-refractivity contribution in [2.75, 3.05) is 13.2 Å². The standard InChI is InChI=1S/C19H20N4O3/c1-13-11-14(2)23(19(25)22-13)12-17(24)20-9-10-26-16-7-3-5-15-6-4-8-21-18(15)16/h3-8,11H,9-10,12H2,1-2H3,(H,20,24). The summed E-state index contributed by atoms with van der Waals surface area (Å²) in [4.78, 5) is 32.1. The van der Waals surface area contributed by atoms with Crippen LogP contribution in [0.25, 0.3) is 10.9 Å². The van der Waals surface area contributed by atoms with Crippen molar-refractivity contribution in [3.05, 3.63) is 64.5 Å². The van der Waals surface area contributed by atoms with E-state index >= 15 is 0 Å². The van der Waals surface area contributed by atoms with Gasteiger partial charge in [-0.15, -0.1) is 0 Å². The van der Waals surface area contributed by atoms with Crippen molar-refractivity contribution in [3.8, 4) is 5.75 Å². The third-order valence-corrected chi connectivity index (χ3v) is 3.93. The molecule has 7 heteroatoms. The van der Waals surface area contributed by atoms with Crippen LogP contribution in [0, 0.1) is 13.8 Å². The van der Waals surface area contributed by atoms with Crippen molar-refractivity contribution >= 4 is 16.8 Å². The maximum absolute atomic E-state index is 12.1. The summed E-state index contributed by atoms with van der Waals surface area (Å²) < 4.78 is 7.07. The number of pyridine rings is 1. The van der Waals surface area contributed by atoms with Crippen molar-refractivity contribution in [3.63, 3.8) is 0 Å². The minimum atomic E-state index is -0.421. The summed E-state index contributed by atoms with van der Waals surface area (Å²) in [5.41, 5.74) is 1.71. The SMILES string of the molecule is Cc1cc(C)n(CC(=O)NCCOc2cccc3cccnc23)c(=O)n1. The molecule has 3 rings (SSSR count). The molecule has 0 unspecified atom stereocenters. The van der Waals surface area contributed by atoms with Crippen LogP contribution in [0.4, 0.5) is 0 Å². The lowest BCUT2D eigenvalue weighted by Crippen LogP contribution is -2.36. The zero-order valence-electron chi connectivity index (χ0n) is 14.7. The van der Waals surface area contributed by atoms with Gasteiger partial charge in [0.05, 0.1) is 6.54 Å². The average Bonchev–Trinajstić information content (AvgIpc) is 2.62. The van der Waals surface area contributed by atoms with Crippen LogP contribution in [0.2, 0.25) is 0 Å². The minimum absolute atomic E-state index is 0.0617. The highest BCUT2D eigenvalue weighted by molar-refractivity contribution is 5.84. The molecule has 3 aromatic rings. The van der Waals surface area contributed by atoms with Crippen LogP contribution in [-0.4, -0.2) is 33.6 Å². The lowest BCUT2D eigenvalue weighted by atomic mass is 10.2. The predicted molar refractivity (Wildman–Crippen MR) is 98.2 cm³/mol. The molecular formula is C19H20N4O3. The zero-order chi connectivity index (χ0) is 18.5. The highest BCUT2D eigenvalue weighted by atomic mass is 16.5. The van der Waals surface area contributed by atoms with Crippen LogP contribution in [-0.2, 0) is 11.3 Å². The molecule has 2 heterocycles. The first-order valence-corrected chi connectivity index (χ1v) is 8.33. The second kappa shape index (κ2) is 7.77. The van der Waals surface area contributed by atoms with Crippen LogP contribution in [0.5, 0.6) is 5.75 Å². The summed E-state index contributed by atoms with van der Waals surface area (Å²) in [7, 11) is 0. The number of carbonyl (C=O) groups excluding carboxylic acids is 1. The monoisotopic (exact) mass is 352 g/mol. The number of para-hydroxylation sites is 1. The molecule has 0 aliphatic rings. The summed E-state index contributed by atoms with van der Waals surface area (Å²) in [6.45, 7) is 4.10. The van der Waals surface area contributed by atoms with Crippen molar-refractivity contribution in [2.24, 2.45) is 0 Å². The van der Waals surface area contributed by atoms with Crippen LogP contribution in [0.3, 0.4) is 0 Å². The number of aryl methyl sites for hydroxylation is 2. The first-order valence-electron chi connectivity index (χ1n) is 8.33. The molecule has 1 N–H and O–H groups in total. The van der Waals surface area contributed by atoms with E-state index in [0.717, 1.165) is 10.9 Å². The normalized spacial score (nSPS) is 10.7. The van der Waals surface area contributed by atoms with Gasteiger partial charge in [-0.05, 0) is 32.0 Å². The third kappa shape index (κ3) is 4.05. The molecule has 26 heavy (non-hydrogen) atoms. The van der Waals surface area contributed by atoms with Gasteiger partial charge >= 0.3 is 5.69 Å². The number of rotatable bonds is 6. The Morgan fingerprint density at radius 1 is 1.23 bits per heavy atom. The van der Waals surface area contributed by atoms with Gasteiger partial charge in [0, 0.05) is 23.0 Å². The van der Waals surface area contributed by atoms with E-state index < -0.39 is 5.69 Å². The van der Waals surface area contributed by atoms with Gasteiger partial charge in [0.15, 0.2) is 0 Å². The molecular weight excluding hydrogens is 332 g/mol. The van der Waals surface area contributed by atoms with Gasteiger partial charge in [-0.25, -0.2) is 4.79 Å². The highest BCUT2D eigenvalue weighted by Gasteiger charge is 2.08. The number of nitrogens with zero attached hydrogens (tertiary/aromatic N) is 3. The molecule has 0 saturated heterocycles. The number of carbonyl (C=O) groups is 1. The first-order chi connectivity index (χ1) is 12.5. The Morgan fingerprint density at radius 2 is 2.04 bits per heavy atom. The molecule has 7 nitrogen and oxygen atoms in total. The summed E-state index contributed by atoms with van der Waals surface area (Å²) in [6.07, 6.45) is 1.71. The van der Waals surface area contributed by atoms with E-state index in [4.69, 9.17) is 4.74 Å². The van der Waals surface area contributed by atoms with Gasteiger partial charge in [0.25, 0.3) is 0 Å². The summed E-state index contributed by atoms with van der Waals surface area (Å²) in [5.74, 6) is 0.410. The number of nitrogens with one attached hydrogen (secondary N) is 1. The zero-order valence-corrected chi connectivity index (χ0v) is 14.7.